The molecule has 3 rings (SSSR count). The lowest BCUT2D eigenvalue weighted by Gasteiger charge is -2.32. The van der Waals surface area contributed by atoms with Crippen LogP contribution in [0.25, 0.3) is 0 Å². The molecule has 0 unspecified atom stereocenters. The summed E-state index contributed by atoms with van der Waals surface area (Å²) in [6.45, 7) is 12.4. The summed E-state index contributed by atoms with van der Waals surface area (Å²) in [5.74, 6) is 0. The molecule has 5 nitrogen and oxygen atoms in total. The highest BCUT2D eigenvalue weighted by Crippen LogP contribution is 2.36. The van der Waals surface area contributed by atoms with Gasteiger partial charge in [0.15, 0.2) is 0 Å². The monoisotopic (exact) mass is 356 g/mol. The van der Waals surface area contributed by atoms with E-state index in [2.05, 4.69) is 44.9 Å². The first kappa shape index (κ1) is 19.1. The largest absolute Gasteiger partial charge is 0.498 e. The first-order chi connectivity index (χ1) is 12.3. The molecule has 0 amide bonds. The number of nitrogens with zero attached hydrogens (tertiary/aromatic N) is 2. The molecule has 2 aromatic rings. The van der Waals surface area contributed by atoms with E-state index in [-0.39, 0.29) is 18.3 Å². The van der Waals surface area contributed by atoms with Crippen LogP contribution in [-0.4, -0.2) is 34.7 Å². The Hall–Kier alpha value is -1.63. The summed E-state index contributed by atoms with van der Waals surface area (Å²) in [6.07, 6.45) is 2.95. The predicted molar refractivity (Wildman–Crippen MR) is 103 cm³/mol. The standard InChI is InChI=1S/C20H29BN2O3/c1-16-18(21-25-19(2,3)20(4,5)26-21)14-23(22-16)12-9-13-24-15-17-10-7-6-8-11-17/h6-8,10-11,14H,9,12-13,15H2,1-5H3. The third-order valence-corrected chi connectivity index (χ3v) is 5.28. The SMILES string of the molecule is Cc1nn(CCCOCc2ccccc2)cc1B1OC(C)(C)C(C)(C)O1. The highest BCUT2D eigenvalue weighted by atomic mass is 16.7. The zero-order valence-electron chi connectivity index (χ0n) is 16.5. The third kappa shape index (κ3) is 4.19. The summed E-state index contributed by atoms with van der Waals surface area (Å²) in [7, 11) is -0.358. The van der Waals surface area contributed by atoms with E-state index in [1.165, 1.54) is 5.56 Å². The number of aromatic nitrogens is 2. The molecule has 0 radical (unpaired) electrons. The summed E-state index contributed by atoms with van der Waals surface area (Å²) in [6, 6.07) is 10.2. The fourth-order valence-corrected chi connectivity index (χ4v) is 2.94. The van der Waals surface area contributed by atoms with Crippen LogP contribution in [0.2, 0.25) is 0 Å². The Morgan fingerprint density at radius 1 is 1.08 bits per heavy atom. The van der Waals surface area contributed by atoms with E-state index in [0.29, 0.717) is 13.2 Å². The highest BCUT2D eigenvalue weighted by Gasteiger charge is 2.52. The molecule has 1 aliphatic rings. The van der Waals surface area contributed by atoms with Gasteiger partial charge in [0.25, 0.3) is 0 Å². The molecule has 0 bridgehead atoms. The van der Waals surface area contributed by atoms with E-state index in [1.807, 2.05) is 36.0 Å². The van der Waals surface area contributed by atoms with E-state index in [9.17, 15) is 0 Å². The van der Waals surface area contributed by atoms with Crippen LogP contribution in [0.5, 0.6) is 0 Å². The van der Waals surface area contributed by atoms with Gasteiger partial charge in [-0.05, 0) is 46.6 Å². The van der Waals surface area contributed by atoms with Gasteiger partial charge in [0.1, 0.15) is 0 Å². The second-order valence-electron chi connectivity index (χ2n) is 7.91. The minimum Gasteiger partial charge on any atom is -0.399 e. The summed E-state index contributed by atoms with van der Waals surface area (Å²) >= 11 is 0. The molecule has 2 heterocycles. The number of aryl methyl sites for hydroxylation is 2. The molecular weight excluding hydrogens is 327 g/mol. The predicted octanol–water partition coefficient (Wildman–Crippen LogP) is 3.10. The van der Waals surface area contributed by atoms with Crippen molar-refractivity contribution in [2.45, 2.75) is 65.4 Å². The van der Waals surface area contributed by atoms with E-state index >= 15 is 0 Å². The normalized spacial score (nSPS) is 18.4. The van der Waals surface area contributed by atoms with E-state index in [1.54, 1.807) is 0 Å². The molecule has 6 heteroatoms. The molecule has 1 aromatic heterocycles. The molecule has 0 N–H and O–H groups in total. The van der Waals surface area contributed by atoms with Crippen LogP contribution < -0.4 is 5.46 Å². The average Bonchev–Trinajstić information content (AvgIpc) is 3.04. The Morgan fingerprint density at radius 3 is 2.38 bits per heavy atom. The molecule has 1 saturated heterocycles. The zero-order valence-corrected chi connectivity index (χ0v) is 16.5. The van der Waals surface area contributed by atoms with Gasteiger partial charge in [-0.15, -0.1) is 0 Å². The van der Waals surface area contributed by atoms with Crippen LogP contribution >= 0.6 is 0 Å². The number of benzene rings is 1. The fourth-order valence-electron chi connectivity index (χ4n) is 2.94. The maximum atomic E-state index is 6.14. The first-order valence-corrected chi connectivity index (χ1v) is 9.30. The van der Waals surface area contributed by atoms with Crippen molar-refractivity contribution >= 4 is 12.6 Å². The fraction of sp³-hybridized carbons (Fsp3) is 0.550. The van der Waals surface area contributed by atoms with Crippen LogP contribution in [-0.2, 0) is 27.2 Å². The molecular formula is C20H29BN2O3. The molecule has 0 atom stereocenters. The maximum absolute atomic E-state index is 6.14. The Morgan fingerprint density at radius 2 is 1.73 bits per heavy atom. The van der Waals surface area contributed by atoms with Gasteiger partial charge in [0, 0.05) is 24.8 Å². The Balaban J connectivity index is 1.49. The minimum atomic E-state index is -0.358. The molecule has 0 saturated carbocycles. The van der Waals surface area contributed by atoms with Crippen molar-refractivity contribution in [1.82, 2.24) is 9.78 Å². The summed E-state index contributed by atoms with van der Waals surface area (Å²) < 4.78 is 20.0. The topological polar surface area (TPSA) is 45.5 Å². The van der Waals surface area contributed by atoms with Crippen LogP contribution in [0.3, 0.4) is 0 Å². The Labute approximate surface area is 156 Å². The summed E-state index contributed by atoms with van der Waals surface area (Å²) in [5.41, 5.74) is 2.49. The Kier molecular flexibility index (Phi) is 5.56. The van der Waals surface area contributed by atoms with E-state index in [0.717, 1.165) is 24.1 Å². The lowest BCUT2D eigenvalue weighted by molar-refractivity contribution is 0.00578. The van der Waals surface area contributed by atoms with Crippen LogP contribution in [0.4, 0.5) is 0 Å². The second kappa shape index (κ2) is 7.55. The molecule has 1 aromatic carbocycles. The van der Waals surface area contributed by atoms with Gasteiger partial charge < -0.3 is 14.0 Å². The number of hydrogen-bond donors (Lipinski definition) is 0. The van der Waals surface area contributed by atoms with Crippen molar-refractivity contribution in [3.05, 3.63) is 47.8 Å². The molecule has 0 aliphatic carbocycles. The molecule has 1 aliphatic heterocycles. The smallest absolute Gasteiger partial charge is 0.399 e. The maximum Gasteiger partial charge on any atom is 0.498 e. The number of ether oxygens (including phenoxy) is 1. The Bertz CT molecular complexity index is 712. The zero-order chi connectivity index (χ0) is 18.8. The van der Waals surface area contributed by atoms with Gasteiger partial charge in [-0.25, -0.2) is 0 Å². The van der Waals surface area contributed by atoms with Crippen molar-refractivity contribution in [3.8, 4) is 0 Å². The van der Waals surface area contributed by atoms with Gasteiger partial charge in [-0.1, -0.05) is 30.3 Å². The van der Waals surface area contributed by atoms with Crippen molar-refractivity contribution < 1.29 is 14.0 Å². The van der Waals surface area contributed by atoms with E-state index in [4.69, 9.17) is 14.0 Å². The molecule has 140 valence electrons. The minimum absolute atomic E-state index is 0.336. The lowest BCUT2D eigenvalue weighted by atomic mass is 9.79. The van der Waals surface area contributed by atoms with Crippen LogP contribution in [0.1, 0.15) is 45.4 Å². The van der Waals surface area contributed by atoms with Gasteiger partial charge >= 0.3 is 7.12 Å². The van der Waals surface area contributed by atoms with Gasteiger partial charge in [-0.2, -0.15) is 5.10 Å². The molecule has 1 fully saturated rings. The quantitative estimate of drug-likeness (QED) is 0.565. The molecule has 26 heavy (non-hydrogen) atoms. The number of rotatable bonds is 7. The number of hydrogen-bond acceptors (Lipinski definition) is 4. The van der Waals surface area contributed by atoms with Gasteiger partial charge in [0.05, 0.1) is 23.5 Å². The van der Waals surface area contributed by atoms with Crippen molar-refractivity contribution in [1.29, 1.82) is 0 Å². The van der Waals surface area contributed by atoms with Gasteiger partial charge in [0.2, 0.25) is 0 Å². The van der Waals surface area contributed by atoms with Crippen LogP contribution in [0, 0.1) is 6.92 Å². The van der Waals surface area contributed by atoms with Crippen molar-refractivity contribution in [2.75, 3.05) is 6.61 Å². The second-order valence-corrected chi connectivity index (χ2v) is 7.91. The summed E-state index contributed by atoms with van der Waals surface area (Å²) in [4.78, 5) is 0. The first-order valence-electron chi connectivity index (χ1n) is 9.30. The molecule has 0 spiro atoms. The average molecular weight is 356 g/mol. The van der Waals surface area contributed by atoms with Crippen molar-refractivity contribution in [3.63, 3.8) is 0 Å². The third-order valence-electron chi connectivity index (χ3n) is 5.28. The van der Waals surface area contributed by atoms with Crippen LogP contribution in [0.15, 0.2) is 36.5 Å². The summed E-state index contributed by atoms with van der Waals surface area (Å²) in [5, 5.41) is 4.61. The van der Waals surface area contributed by atoms with E-state index < -0.39 is 0 Å². The van der Waals surface area contributed by atoms with Gasteiger partial charge in [-0.3, -0.25) is 4.68 Å². The highest BCUT2D eigenvalue weighted by molar-refractivity contribution is 6.62. The van der Waals surface area contributed by atoms with Crippen molar-refractivity contribution in [2.24, 2.45) is 0 Å². The lowest BCUT2D eigenvalue weighted by Crippen LogP contribution is -2.41.